The monoisotopic (exact) mass is 421 g/mol. The maximum absolute atomic E-state index is 12.9. The number of fused-ring (bicyclic) bond motifs is 1. The van der Waals surface area contributed by atoms with E-state index in [0.717, 1.165) is 33.8 Å². The van der Waals surface area contributed by atoms with E-state index in [-0.39, 0.29) is 11.7 Å². The van der Waals surface area contributed by atoms with Crippen LogP contribution in [-0.2, 0) is 11.3 Å². The summed E-state index contributed by atoms with van der Waals surface area (Å²) in [5.74, 6) is 1.30. The second-order valence-corrected chi connectivity index (χ2v) is 7.51. The number of pyridine rings is 1. The van der Waals surface area contributed by atoms with Gasteiger partial charge in [0.05, 0.1) is 25.2 Å². The van der Waals surface area contributed by atoms with Crippen LogP contribution in [0.5, 0.6) is 5.75 Å². The lowest BCUT2D eigenvalue weighted by molar-refractivity contribution is 0.0940. The Hall–Kier alpha value is -3.26. The van der Waals surface area contributed by atoms with Gasteiger partial charge in [0.25, 0.3) is 5.91 Å². The van der Waals surface area contributed by atoms with Crippen LogP contribution in [0.4, 0.5) is 5.82 Å². The first-order chi connectivity index (χ1) is 15.0. The number of benzene rings is 1. The number of rotatable bonds is 6. The van der Waals surface area contributed by atoms with Crippen molar-refractivity contribution in [3.05, 3.63) is 53.0 Å². The molecule has 0 bridgehead atoms. The van der Waals surface area contributed by atoms with Crippen LogP contribution in [0.15, 0.2) is 30.3 Å². The fraction of sp³-hybridized carbons (Fsp3) is 0.391. The third-order valence-electron chi connectivity index (χ3n) is 5.15. The highest BCUT2D eigenvalue weighted by Gasteiger charge is 2.22. The molecule has 2 aromatic heterocycles. The van der Waals surface area contributed by atoms with Crippen LogP contribution in [0, 0.1) is 13.8 Å². The molecule has 1 N–H and O–H groups in total. The SMILES string of the molecule is CCOc1cccc(CNC(=O)c2nc(N3CCOCC3)c3c(C)cc(C)nc3n2)c1. The van der Waals surface area contributed by atoms with Crippen LogP contribution in [0.2, 0.25) is 0 Å². The van der Waals surface area contributed by atoms with Crippen molar-refractivity contribution in [2.45, 2.75) is 27.3 Å². The van der Waals surface area contributed by atoms with Crippen molar-refractivity contribution < 1.29 is 14.3 Å². The summed E-state index contributed by atoms with van der Waals surface area (Å²) in [5.41, 5.74) is 3.38. The van der Waals surface area contributed by atoms with E-state index >= 15 is 0 Å². The number of carbonyl (C=O) groups excluding carboxylic acids is 1. The first-order valence-electron chi connectivity index (χ1n) is 10.5. The highest BCUT2D eigenvalue weighted by Crippen LogP contribution is 2.27. The van der Waals surface area contributed by atoms with E-state index in [1.807, 2.05) is 51.1 Å². The van der Waals surface area contributed by atoms with Gasteiger partial charge in [0.1, 0.15) is 11.6 Å². The second-order valence-electron chi connectivity index (χ2n) is 7.51. The number of morpholine rings is 1. The second kappa shape index (κ2) is 9.26. The van der Waals surface area contributed by atoms with Crippen molar-refractivity contribution in [3.63, 3.8) is 0 Å². The van der Waals surface area contributed by atoms with Gasteiger partial charge in [-0.3, -0.25) is 4.79 Å². The number of hydrogen-bond donors (Lipinski definition) is 1. The van der Waals surface area contributed by atoms with Gasteiger partial charge in [-0.1, -0.05) is 12.1 Å². The predicted octanol–water partition coefficient (Wildman–Crippen LogP) is 2.81. The number of amides is 1. The number of hydrogen-bond acceptors (Lipinski definition) is 7. The summed E-state index contributed by atoms with van der Waals surface area (Å²) in [5, 5.41) is 3.80. The normalized spacial score (nSPS) is 14.0. The van der Waals surface area contributed by atoms with E-state index in [1.54, 1.807) is 0 Å². The molecule has 0 saturated carbocycles. The van der Waals surface area contributed by atoms with Crippen LogP contribution in [0.3, 0.4) is 0 Å². The molecule has 3 heterocycles. The van der Waals surface area contributed by atoms with Crippen LogP contribution in [0.1, 0.15) is 34.4 Å². The third-order valence-corrected chi connectivity index (χ3v) is 5.15. The summed E-state index contributed by atoms with van der Waals surface area (Å²) in [6.07, 6.45) is 0. The Morgan fingerprint density at radius 2 is 1.97 bits per heavy atom. The Balaban J connectivity index is 1.63. The van der Waals surface area contributed by atoms with Gasteiger partial charge >= 0.3 is 0 Å². The quantitative estimate of drug-likeness (QED) is 0.655. The number of ether oxygens (including phenoxy) is 2. The van der Waals surface area contributed by atoms with E-state index < -0.39 is 0 Å². The third kappa shape index (κ3) is 4.74. The van der Waals surface area contributed by atoms with E-state index in [1.165, 1.54) is 0 Å². The first-order valence-corrected chi connectivity index (χ1v) is 10.5. The number of aryl methyl sites for hydroxylation is 2. The number of carbonyl (C=O) groups is 1. The van der Waals surface area contributed by atoms with Crippen molar-refractivity contribution in [1.29, 1.82) is 0 Å². The van der Waals surface area contributed by atoms with Gasteiger partial charge in [-0.2, -0.15) is 0 Å². The molecule has 1 amide bonds. The largest absolute Gasteiger partial charge is 0.494 e. The average Bonchev–Trinajstić information content (AvgIpc) is 2.77. The minimum atomic E-state index is -0.334. The number of aromatic nitrogens is 3. The molecule has 1 aliphatic heterocycles. The molecule has 4 rings (SSSR count). The molecule has 8 heteroatoms. The van der Waals surface area contributed by atoms with Crippen LogP contribution >= 0.6 is 0 Å². The molecule has 3 aromatic rings. The minimum absolute atomic E-state index is 0.118. The molecule has 0 atom stereocenters. The molecule has 0 aliphatic carbocycles. The summed E-state index contributed by atoms with van der Waals surface area (Å²) >= 11 is 0. The maximum Gasteiger partial charge on any atom is 0.289 e. The fourth-order valence-electron chi connectivity index (χ4n) is 3.73. The lowest BCUT2D eigenvalue weighted by Crippen LogP contribution is -2.37. The van der Waals surface area contributed by atoms with Crippen molar-refractivity contribution in [1.82, 2.24) is 20.3 Å². The molecular formula is C23H27N5O3. The molecule has 31 heavy (non-hydrogen) atoms. The first kappa shape index (κ1) is 21.0. The lowest BCUT2D eigenvalue weighted by Gasteiger charge is -2.29. The molecule has 1 fully saturated rings. The molecular weight excluding hydrogens is 394 g/mol. The predicted molar refractivity (Wildman–Crippen MR) is 119 cm³/mol. The molecule has 162 valence electrons. The van der Waals surface area contributed by atoms with Gasteiger partial charge < -0.3 is 19.7 Å². The zero-order chi connectivity index (χ0) is 21.8. The van der Waals surface area contributed by atoms with Crippen LogP contribution in [-0.4, -0.2) is 53.8 Å². The average molecular weight is 422 g/mol. The van der Waals surface area contributed by atoms with E-state index in [2.05, 4.69) is 25.2 Å². The van der Waals surface area contributed by atoms with Gasteiger partial charge in [0, 0.05) is 25.3 Å². The number of nitrogens with one attached hydrogen (secondary N) is 1. The molecule has 0 spiro atoms. The smallest absolute Gasteiger partial charge is 0.289 e. The summed E-state index contributed by atoms with van der Waals surface area (Å²) in [7, 11) is 0. The van der Waals surface area contributed by atoms with Gasteiger partial charge in [0.2, 0.25) is 5.82 Å². The Morgan fingerprint density at radius 1 is 1.16 bits per heavy atom. The molecule has 0 unspecified atom stereocenters. The van der Waals surface area contributed by atoms with E-state index in [4.69, 9.17) is 9.47 Å². The Labute approximate surface area is 181 Å². The standard InChI is InChI=1S/C23H27N5O3/c1-4-31-18-7-5-6-17(13-18)14-24-23(29)21-26-20-19(15(2)12-16(3)25-20)22(27-21)28-8-10-30-11-9-28/h5-7,12-13H,4,8-11,14H2,1-3H3,(H,24,29). The Kier molecular flexibility index (Phi) is 6.27. The summed E-state index contributed by atoms with van der Waals surface area (Å²) in [4.78, 5) is 28.8. The summed E-state index contributed by atoms with van der Waals surface area (Å²) in [6, 6.07) is 9.67. The van der Waals surface area contributed by atoms with Crippen LogP contribution in [0.25, 0.3) is 11.0 Å². The molecule has 1 aromatic carbocycles. The van der Waals surface area contributed by atoms with Crippen molar-refractivity contribution in [3.8, 4) is 5.75 Å². The Morgan fingerprint density at radius 3 is 2.74 bits per heavy atom. The van der Waals surface area contributed by atoms with Crippen molar-refractivity contribution in [2.75, 3.05) is 37.8 Å². The van der Waals surface area contributed by atoms with Gasteiger partial charge in [-0.15, -0.1) is 0 Å². The van der Waals surface area contributed by atoms with Crippen molar-refractivity contribution >= 4 is 22.8 Å². The van der Waals surface area contributed by atoms with E-state index in [9.17, 15) is 4.79 Å². The summed E-state index contributed by atoms with van der Waals surface area (Å²) in [6.45, 7) is 9.52. The fourth-order valence-corrected chi connectivity index (χ4v) is 3.73. The van der Waals surface area contributed by atoms with Gasteiger partial charge in [-0.25, -0.2) is 15.0 Å². The zero-order valence-electron chi connectivity index (χ0n) is 18.1. The molecule has 1 aliphatic rings. The Bertz CT molecular complexity index is 1100. The van der Waals surface area contributed by atoms with Gasteiger partial charge in [0.15, 0.2) is 5.65 Å². The lowest BCUT2D eigenvalue weighted by atomic mass is 10.1. The maximum atomic E-state index is 12.9. The zero-order valence-corrected chi connectivity index (χ0v) is 18.1. The summed E-state index contributed by atoms with van der Waals surface area (Å²) < 4.78 is 11.0. The highest BCUT2D eigenvalue weighted by atomic mass is 16.5. The minimum Gasteiger partial charge on any atom is -0.494 e. The number of nitrogens with zero attached hydrogens (tertiary/aromatic N) is 4. The molecule has 1 saturated heterocycles. The molecule has 0 radical (unpaired) electrons. The van der Waals surface area contributed by atoms with Gasteiger partial charge in [-0.05, 0) is 50.1 Å². The number of anilines is 1. The molecule has 8 nitrogen and oxygen atoms in total. The topological polar surface area (TPSA) is 89.5 Å². The highest BCUT2D eigenvalue weighted by molar-refractivity contribution is 5.96. The van der Waals surface area contributed by atoms with Crippen LogP contribution < -0.4 is 15.0 Å². The van der Waals surface area contributed by atoms with Crippen molar-refractivity contribution in [2.24, 2.45) is 0 Å². The van der Waals surface area contributed by atoms with E-state index in [0.29, 0.717) is 45.1 Å².